The smallest absolute Gasteiger partial charge is 0.0704 e. The van der Waals surface area contributed by atoms with Gasteiger partial charge in [0.05, 0.1) is 25.4 Å². The van der Waals surface area contributed by atoms with Gasteiger partial charge in [0.2, 0.25) is 0 Å². The average Bonchev–Trinajstić information content (AvgIpc) is 2.34. The van der Waals surface area contributed by atoms with E-state index in [1.54, 1.807) is 0 Å². The van der Waals surface area contributed by atoms with Crippen LogP contribution in [0.3, 0.4) is 0 Å². The number of rotatable bonds is 9. The summed E-state index contributed by atoms with van der Waals surface area (Å²) >= 11 is 0. The van der Waals surface area contributed by atoms with Crippen molar-refractivity contribution in [3.63, 3.8) is 0 Å². The van der Waals surface area contributed by atoms with Gasteiger partial charge in [0, 0.05) is 18.4 Å². The minimum absolute atomic E-state index is 0.00339. The van der Waals surface area contributed by atoms with Crippen LogP contribution in [0.5, 0.6) is 0 Å². The van der Waals surface area contributed by atoms with Crippen LogP contribution in [0.25, 0.3) is 0 Å². The minimum atomic E-state index is -0.177. The summed E-state index contributed by atoms with van der Waals surface area (Å²) in [7, 11) is 0. The summed E-state index contributed by atoms with van der Waals surface area (Å²) in [4.78, 5) is 0. The van der Waals surface area contributed by atoms with Crippen LogP contribution in [-0.2, 0) is 9.47 Å². The monoisotopic (exact) mass is 244 g/mol. The Morgan fingerprint density at radius 2 is 1.82 bits per heavy atom. The molecule has 0 spiro atoms. The highest BCUT2D eigenvalue weighted by Crippen LogP contribution is 2.48. The predicted octanol–water partition coefficient (Wildman–Crippen LogP) is 2.76. The number of aliphatic hydroxyl groups is 1. The molecule has 17 heavy (non-hydrogen) atoms. The van der Waals surface area contributed by atoms with E-state index in [-0.39, 0.29) is 17.6 Å². The summed E-state index contributed by atoms with van der Waals surface area (Å²) in [5.41, 5.74) is 0.00339. The Morgan fingerprint density at radius 1 is 1.12 bits per heavy atom. The Kier molecular flexibility index (Phi) is 6.45. The second-order valence-corrected chi connectivity index (χ2v) is 5.02. The fraction of sp³-hybridized carbons (Fsp3) is 1.00. The van der Waals surface area contributed by atoms with Crippen molar-refractivity contribution in [1.82, 2.24) is 0 Å². The van der Waals surface area contributed by atoms with Crippen LogP contribution < -0.4 is 0 Å². The van der Waals surface area contributed by atoms with Crippen LogP contribution in [0.4, 0.5) is 0 Å². The van der Waals surface area contributed by atoms with Crippen LogP contribution in [0.1, 0.15) is 52.9 Å². The van der Waals surface area contributed by atoms with Crippen molar-refractivity contribution in [2.24, 2.45) is 5.41 Å². The van der Waals surface area contributed by atoms with Gasteiger partial charge in [-0.3, -0.25) is 0 Å². The molecule has 0 saturated heterocycles. The first-order valence-corrected chi connectivity index (χ1v) is 7.08. The number of hydrogen-bond donors (Lipinski definition) is 1. The lowest BCUT2D eigenvalue weighted by molar-refractivity contribution is -0.199. The highest BCUT2D eigenvalue weighted by atomic mass is 16.5. The maximum atomic E-state index is 9.89. The van der Waals surface area contributed by atoms with Crippen molar-refractivity contribution in [3.8, 4) is 0 Å². The standard InChI is InChI=1S/C14H28O3/c1-4-7-8-16-9-10-17-13-11-12(15)14(13,5-2)6-3/h12-13,15H,4-11H2,1-3H3. The van der Waals surface area contributed by atoms with Gasteiger partial charge in [-0.05, 0) is 19.3 Å². The quantitative estimate of drug-likeness (QED) is 0.634. The summed E-state index contributed by atoms with van der Waals surface area (Å²) in [6.07, 6.45) is 5.11. The first-order valence-electron chi connectivity index (χ1n) is 7.08. The minimum Gasteiger partial charge on any atom is -0.392 e. The van der Waals surface area contributed by atoms with E-state index in [4.69, 9.17) is 9.47 Å². The molecule has 1 aliphatic carbocycles. The Balaban J connectivity index is 2.15. The number of aliphatic hydroxyl groups excluding tert-OH is 1. The molecule has 0 aliphatic heterocycles. The molecule has 1 aliphatic rings. The van der Waals surface area contributed by atoms with Crippen molar-refractivity contribution in [2.45, 2.75) is 65.1 Å². The van der Waals surface area contributed by atoms with Gasteiger partial charge in [-0.25, -0.2) is 0 Å². The largest absolute Gasteiger partial charge is 0.392 e. The van der Waals surface area contributed by atoms with E-state index < -0.39 is 0 Å². The van der Waals surface area contributed by atoms with E-state index >= 15 is 0 Å². The Bertz CT molecular complexity index is 202. The third-order valence-electron chi connectivity index (χ3n) is 4.25. The van der Waals surface area contributed by atoms with Crippen LogP contribution in [0, 0.1) is 5.41 Å². The van der Waals surface area contributed by atoms with E-state index in [1.807, 2.05) is 0 Å². The fourth-order valence-corrected chi connectivity index (χ4v) is 2.73. The van der Waals surface area contributed by atoms with E-state index in [1.165, 1.54) is 6.42 Å². The van der Waals surface area contributed by atoms with E-state index in [0.29, 0.717) is 13.2 Å². The molecule has 2 atom stereocenters. The van der Waals surface area contributed by atoms with Crippen LogP contribution >= 0.6 is 0 Å². The first-order chi connectivity index (χ1) is 8.21. The molecule has 1 saturated carbocycles. The summed E-state index contributed by atoms with van der Waals surface area (Å²) < 4.78 is 11.3. The zero-order chi connectivity index (χ0) is 12.7. The Morgan fingerprint density at radius 3 is 2.35 bits per heavy atom. The fourth-order valence-electron chi connectivity index (χ4n) is 2.73. The molecule has 0 heterocycles. The molecule has 3 nitrogen and oxygen atoms in total. The molecule has 0 radical (unpaired) electrons. The Labute approximate surface area is 105 Å². The second kappa shape index (κ2) is 7.34. The van der Waals surface area contributed by atoms with Gasteiger partial charge in [-0.1, -0.05) is 27.2 Å². The van der Waals surface area contributed by atoms with Gasteiger partial charge in [-0.2, -0.15) is 0 Å². The molecule has 0 amide bonds. The van der Waals surface area contributed by atoms with E-state index in [9.17, 15) is 5.11 Å². The number of unbranched alkanes of at least 4 members (excludes halogenated alkanes) is 1. The van der Waals surface area contributed by atoms with Gasteiger partial charge in [0.15, 0.2) is 0 Å². The topological polar surface area (TPSA) is 38.7 Å². The second-order valence-electron chi connectivity index (χ2n) is 5.02. The maximum Gasteiger partial charge on any atom is 0.0704 e. The highest BCUT2D eigenvalue weighted by molar-refractivity contribution is 5.02. The lowest BCUT2D eigenvalue weighted by atomic mass is 9.60. The normalized spacial score (nSPS) is 26.8. The zero-order valence-electron chi connectivity index (χ0n) is 11.6. The third kappa shape index (κ3) is 3.43. The van der Waals surface area contributed by atoms with Gasteiger partial charge < -0.3 is 14.6 Å². The maximum absolute atomic E-state index is 9.89. The van der Waals surface area contributed by atoms with E-state index in [2.05, 4.69) is 20.8 Å². The molecule has 0 aromatic heterocycles. The number of ether oxygens (including phenoxy) is 2. The Hall–Kier alpha value is -0.120. The SMILES string of the molecule is CCCCOCCOC1CC(O)C1(CC)CC. The molecule has 2 unspecified atom stereocenters. The molecule has 1 fully saturated rings. The molecule has 0 aromatic carbocycles. The lowest BCUT2D eigenvalue weighted by Crippen LogP contribution is -2.57. The van der Waals surface area contributed by atoms with Gasteiger partial charge in [0.25, 0.3) is 0 Å². The summed E-state index contributed by atoms with van der Waals surface area (Å²) in [6.45, 7) is 8.60. The highest BCUT2D eigenvalue weighted by Gasteiger charge is 2.52. The van der Waals surface area contributed by atoms with Crippen molar-refractivity contribution < 1.29 is 14.6 Å². The molecule has 0 bridgehead atoms. The predicted molar refractivity (Wildman–Crippen MR) is 69.1 cm³/mol. The lowest BCUT2D eigenvalue weighted by Gasteiger charge is -2.52. The molecule has 102 valence electrons. The van der Waals surface area contributed by atoms with Crippen LogP contribution in [0.2, 0.25) is 0 Å². The third-order valence-corrected chi connectivity index (χ3v) is 4.25. The molecule has 3 heteroatoms. The van der Waals surface area contributed by atoms with Gasteiger partial charge in [-0.15, -0.1) is 0 Å². The number of hydrogen-bond acceptors (Lipinski definition) is 3. The molecule has 1 rings (SSSR count). The average molecular weight is 244 g/mol. The van der Waals surface area contributed by atoms with Crippen molar-refractivity contribution in [2.75, 3.05) is 19.8 Å². The first kappa shape index (κ1) is 14.9. The van der Waals surface area contributed by atoms with Crippen LogP contribution in [-0.4, -0.2) is 37.1 Å². The van der Waals surface area contributed by atoms with Crippen LogP contribution in [0.15, 0.2) is 0 Å². The van der Waals surface area contributed by atoms with Crippen molar-refractivity contribution in [3.05, 3.63) is 0 Å². The van der Waals surface area contributed by atoms with Crippen molar-refractivity contribution >= 4 is 0 Å². The molecular formula is C14H28O3. The van der Waals surface area contributed by atoms with E-state index in [0.717, 1.165) is 32.3 Å². The molecule has 1 N–H and O–H groups in total. The zero-order valence-corrected chi connectivity index (χ0v) is 11.6. The summed E-state index contributed by atoms with van der Waals surface area (Å²) in [5.74, 6) is 0. The molecule has 0 aromatic rings. The summed E-state index contributed by atoms with van der Waals surface area (Å²) in [6, 6.07) is 0. The van der Waals surface area contributed by atoms with Gasteiger partial charge >= 0.3 is 0 Å². The van der Waals surface area contributed by atoms with Crippen molar-refractivity contribution in [1.29, 1.82) is 0 Å². The summed E-state index contributed by atoms with van der Waals surface area (Å²) in [5, 5.41) is 9.89. The van der Waals surface area contributed by atoms with Gasteiger partial charge in [0.1, 0.15) is 0 Å². The molecular weight excluding hydrogens is 216 g/mol.